The molecule has 2 aliphatic rings. The number of hydrogen-bond acceptors (Lipinski definition) is 4. The SMILES string of the molecule is CC(C)n1ncc2c1NC(=O)C[C@H]2c1ccc2c(c1)OCO2. The van der Waals surface area contributed by atoms with Crippen LogP contribution in [0, 0.1) is 0 Å². The molecule has 6 nitrogen and oxygen atoms in total. The highest BCUT2D eigenvalue weighted by Gasteiger charge is 2.31. The Hall–Kier alpha value is -2.50. The summed E-state index contributed by atoms with van der Waals surface area (Å²) in [6, 6.07) is 6.05. The minimum atomic E-state index is -0.00856. The van der Waals surface area contributed by atoms with E-state index >= 15 is 0 Å². The molecule has 1 atom stereocenters. The molecule has 1 amide bonds. The zero-order valence-electron chi connectivity index (χ0n) is 12.5. The van der Waals surface area contributed by atoms with Crippen LogP contribution in [0.4, 0.5) is 5.82 Å². The van der Waals surface area contributed by atoms with E-state index in [1.54, 1.807) is 0 Å². The third-order valence-electron chi connectivity index (χ3n) is 4.13. The summed E-state index contributed by atoms with van der Waals surface area (Å²) in [5, 5.41) is 7.37. The van der Waals surface area contributed by atoms with Crippen molar-refractivity contribution in [3.05, 3.63) is 35.5 Å². The van der Waals surface area contributed by atoms with E-state index in [4.69, 9.17) is 9.47 Å². The van der Waals surface area contributed by atoms with Gasteiger partial charge in [0.05, 0.1) is 6.20 Å². The summed E-state index contributed by atoms with van der Waals surface area (Å²) in [5.74, 6) is 2.29. The predicted molar refractivity (Wildman–Crippen MR) is 80.3 cm³/mol. The Kier molecular flexibility index (Phi) is 2.85. The lowest BCUT2D eigenvalue weighted by molar-refractivity contribution is -0.116. The largest absolute Gasteiger partial charge is 0.454 e. The molecular weight excluding hydrogens is 282 g/mol. The molecule has 0 unspecified atom stereocenters. The van der Waals surface area contributed by atoms with Crippen molar-refractivity contribution in [3.63, 3.8) is 0 Å². The summed E-state index contributed by atoms with van der Waals surface area (Å²) < 4.78 is 12.6. The number of amides is 1. The number of hydrogen-bond donors (Lipinski definition) is 1. The van der Waals surface area contributed by atoms with E-state index in [0.29, 0.717) is 6.42 Å². The number of ether oxygens (including phenoxy) is 2. The molecular formula is C16H17N3O3. The van der Waals surface area contributed by atoms with Crippen molar-refractivity contribution in [2.45, 2.75) is 32.2 Å². The zero-order chi connectivity index (χ0) is 15.3. The molecule has 0 spiro atoms. The molecule has 2 aromatic rings. The van der Waals surface area contributed by atoms with Gasteiger partial charge in [0.15, 0.2) is 11.5 Å². The number of rotatable bonds is 2. The van der Waals surface area contributed by atoms with Crippen molar-refractivity contribution in [1.82, 2.24) is 9.78 Å². The number of benzene rings is 1. The number of nitrogens with zero attached hydrogens (tertiary/aromatic N) is 2. The van der Waals surface area contributed by atoms with Crippen LogP contribution in [-0.4, -0.2) is 22.5 Å². The third-order valence-corrected chi connectivity index (χ3v) is 4.13. The minimum absolute atomic E-state index is 0.00856. The summed E-state index contributed by atoms with van der Waals surface area (Å²) in [6.07, 6.45) is 2.26. The van der Waals surface area contributed by atoms with Crippen molar-refractivity contribution >= 4 is 11.7 Å². The van der Waals surface area contributed by atoms with Crippen LogP contribution in [0.2, 0.25) is 0 Å². The first-order chi connectivity index (χ1) is 10.6. The molecule has 6 heteroatoms. The zero-order valence-corrected chi connectivity index (χ0v) is 12.5. The maximum absolute atomic E-state index is 12.1. The number of aromatic nitrogens is 2. The van der Waals surface area contributed by atoms with E-state index in [1.807, 2.05) is 42.9 Å². The summed E-state index contributed by atoms with van der Waals surface area (Å²) >= 11 is 0. The highest BCUT2D eigenvalue weighted by Crippen LogP contribution is 2.41. The van der Waals surface area contributed by atoms with Crippen LogP contribution in [0.25, 0.3) is 0 Å². The maximum Gasteiger partial charge on any atom is 0.231 e. The van der Waals surface area contributed by atoms with Crippen LogP contribution in [0.5, 0.6) is 11.5 Å². The van der Waals surface area contributed by atoms with Gasteiger partial charge in [-0.2, -0.15) is 5.10 Å². The molecule has 0 fully saturated rings. The molecule has 22 heavy (non-hydrogen) atoms. The molecule has 0 saturated carbocycles. The Morgan fingerprint density at radius 3 is 2.95 bits per heavy atom. The van der Waals surface area contributed by atoms with Gasteiger partial charge in [-0.25, -0.2) is 4.68 Å². The van der Waals surface area contributed by atoms with Crippen molar-refractivity contribution < 1.29 is 14.3 Å². The average Bonchev–Trinajstić information content (AvgIpc) is 3.11. The molecule has 1 aromatic heterocycles. The van der Waals surface area contributed by atoms with Gasteiger partial charge in [-0.1, -0.05) is 6.07 Å². The van der Waals surface area contributed by atoms with E-state index in [-0.39, 0.29) is 24.7 Å². The van der Waals surface area contributed by atoms with Crippen molar-refractivity contribution in [3.8, 4) is 11.5 Å². The van der Waals surface area contributed by atoms with E-state index in [1.165, 1.54) is 0 Å². The third kappa shape index (κ3) is 1.94. The standard InChI is InChI=1S/C16H17N3O3/c1-9(2)19-16-12(7-17-19)11(6-15(20)18-16)10-3-4-13-14(5-10)22-8-21-13/h3-5,7,9,11H,6,8H2,1-2H3,(H,18,20)/t11-/m0/s1. The molecule has 3 heterocycles. The summed E-state index contributed by atoms with van der Waals surface area (Å²) in [5.41, 5.74) is 2.09. The second-order valence-corrected chi connectivity index (χ2v) is 5.90. The molecule has 0 bridgehead atoms. The lowest BCUT2D eigenvalue weighted by Gasteiger charge is -2.24. The topological polar surface area (TPSA) is 65.4 Å². The van der Waals surface area contributed by atoms with Gasteiger partial charge in [-0.3, -0.25) is 4.79 Å². The monoisotopic (exact) mass is 299 g/mol. The lowest BCUT2D eigenvalue weighted by atomic mass is 9.87. The van der Waals surface area contributed by atoms with E-state index in [9.17, 15) is 4.79 Å². The summed E-state index contributed by atoms with van der Waals surface area (Å²) in [6.45, 7) is 4.34. The quantitative estimate of drug-likeness (QED) is 0.926. The van der Waals surface area contributed by atoms with Crippen LogP contribution < -0.4 is 14.8 Å². The van der Waals surface area contributed by atoms with E-state index < -0.39 is 0 Å². The summed E-state index contributed by atoms with van der Waals surface area (Å²) in [7, 11) is 0. The highest BCUT2D eigenvalue weighted by atomic mass is 16.7. The smallest absolute Gasteiger partial charge is 0.231 e. The number of nitrogens with one attached hydrogen (secondary N) is 1. The van der Waals surface area contributed by atoms with E-state index in [0.717, 1.165) is 28.4 Å². The van der Waals surface area contributed by atoms with E-state index in [2.05, 4.69) is 10.4 Å². The van der Waals surface area contributed by atoms with Crippen molar-refractivity contribution in [1.29, 1.82) is 0 Å². The Balaban J connectivity index is 1.79. The van der Waals surface area contributed by atoms with Crippen molar-refractivity contribution in [2.24, 2.45) is 0 Å². The highest BCUT2D eigenvalue weighted by molar-refractivity contribution is 5.94. The fourth-order valence-corrected chi connectivity index (χ4v) is 3.06. The molecule has 4 rings (SSSR count). The van der Waals surface area contributed by atoms with Gasteiger partial charge >= 0.3 is 0 Å². The molecule has 114 valence electrons. The fraction of sp³-hybridized carbons (Fsp3) is 0.375. The number of carbonyl (C=O) groups excluding carboxylic acids is 1. The van der Waals surface area contributed by atoms with Crippen LogP contribution >= 0.6 is 0 Å². The molecule has 0 saturated heterocycles. The lowest BCUT2D eigenvalue weighted by Crippen LogP contribution is -2.25. The average molecular weight is 299 g/mol. The van der Waals surface area contributed by atoms with Gasteiger partial charge in [0.25, 0.3) is 0 Å². The van der Waals surface area contributed by atoms with Gasteiger partial charge in [-0.15, -0.1) is 0 Å². The maximum atomic E-state index is 12.1. The van der Waals surface area contributed by atoms with Crippen LogP contribution in [0.3, 0.4) is 0 Å². The minimum Gasteiger partial charge on any atom is -0.454 e. The first-order valence-electron chi connectivity index (χ1n) is 7.40. The first kappa shape index (κ1) is 13.2. The van der Waals surface area contributed by atoms with Gasteiger partial charge in [0.1, 0.15) is 5.82 Å². The van der Waals surface area contributed by atoms with Gasteiger partial charge in [0, 0.05) is 23.9 Å². The van der Waals surface area contributed by atoms with Gasteiger partial charge < -0.3 is 14.8 Å². The molecule has 2 aliphatic heterocycles. The van der Waals surface area contributed by atoms with Crippen molar-refractivity contribution in [2.75, 3.05) is 12.1 Å². The second kappa shape index (κ2) is 4.76. The Bertz CT molecular complexity index is 751. The van der Waals surface area contributed by atoms with Gasteiger partial charge in [0.2, 0.25) is 12.7 Å². The molecule has 0 aliphatic carbocycles. The van der Waals surface area contributed by atoms with Crippen LogP contribution in [0.1, 0.15) is 43.4 Å². The number of carbonyl (C=O) groups is 1. The fourth-order valence-electron chi connectivity index (χ4n) is 3.06. The normalized spacial score (nSPS) is 19.2. The Labute approximate surface area is 128 Å². The van der Waals surface area contributed by atoms with Gasteiger partial charge in [-0.05, 0) is 31.5 Å². The number of anilines is 1. The number of fused-ring (bicyclic) bond motifs is 2. The second-order valence-electron chi connectivity index (χ2n) is 5.90. The predicted octanol–water partition coefficient (Wildman–Crippen LogP) is 2.67. The Morgan fingerprint density at radius 1 is 1.32 bits per heavy atom. The summed E-state index contributed by atoms with van der Waals surface area (Å²) in [4.78, 5) is 12.1. The Morgan fingerprint density at radius 2 is 2.14 bits per heavy atom. The first-order valence-corrected chi connectivity index (χ1v) is 7.40. The van der Waals surface area contributed by atoms with Crippen LogP contribution in [-0.2, 0) is 4.79 Å². The molecule has 1 aromatic carbocycles. The van der Waals surface area contributed by atoms with Crippen LogP contribution in [0.15, 0.2) is 24.4 Å². The molecule has 1 N–H and O–H groups in total. The molecule has 0 radical (unpaired) electrons.